The van der Waals surface area contributed by atoms with Crippen molar-refractivity contribution in [2.24, 2.45) is 4.99 Å². The van der Waals surface area contributed by atoms with Crippen LogP contribution in [0.2, 0.25) is 0 Å². The van der Waals surface area contributed by atoms with E-state index < -0.39 is 16.9 Å². The van der Waals surface area contributed by atoms with Crippen LogP contribution in [0.5, 0.6) is 0 Å². The maximum Gasteiger partial charge on any atom is 0.238 e. The number of rotatable bonds is 7. The first-order valence-corrected chi connectivity index (χ1v) is 9.00. The second-order valence-electron chi connectivity index (χ2n) is 6.52. The summed E-state index contributed by atoms with van der Waals surface area (Å²) in [4.78, 5) is 26.8. The van der Waals surface area contributed by atoms with Crippen molar-refractivity contribution in [3.63, 3.8) is 0 Å². The average Bonchev–Trinajstić information content (AvgIpc) is 2.63. The Kier molecular flexibility index (Phi) is 6.59. The van der Waals surface area contributed by atoms with E-state index in [1.807, 2.05) is 38.1 Å². The van der Waals surface area contributed by atoms with Crippen LogP contribution in [0.4, 0.5) is 5.69 Å². The minimum absolute atomic E-state index is 0.142. The molecule has 0 fully saturated rings. The van der Waals surface area contributed by atoms with Crippen LogP contribution >= 0.6 is 15.9 Å². The van der Waals surface area contributed by atoms with Gasteiger partial charge in [-0.05, 0) is 43.2 Å². The summed E-state index contributed by atoms with van der Waals surface area (Å²) < 4.78 is 0.727. The molecule has 0 unspecified atom stereocenters. The van der Waals surface area contributed by atoms with E-state index in [-0.39, 0.29) is 12.2 Å². The molecule has 0 aliphatic heterocycles. The highest BCUT2D eigenvalue weighted by atomic mass is 79.9. The fourth-order valence-electron chi connectivity index (χ4n) is 2.43. The topological polar surface area (TPSA) is 96.4 Å². The van der Waals surface area contributed by atoms with Crippen molar-refractivity contribution in [2.45, 2.75) is 25.7 Å². The standard InChI is InChI=1S/C20H18BrN3O3/c1-20(2,13-22)15-5-3-14(4-6-15)11-19(25)17-12-16(21)7-8-18(17)23-9-10-24(26)27/h3-9,12H,10-11H2,1-2H3. The number of carbonyl (C=O) groups excluding carboxylic acids is 1. The molecule has 0 radical (unpaired) electrons. The smallest absolute Gasteiger partial charge is 0.238 e. The average molecular weight is 428 g/mol. The summed E-state index contributed by atoms with van der Waals surface area (Å²) in [6, 6.07) is 14.7. The third-order valence-electron chi connectivity index (χ3n) is 4.04. The van der Waals surface area contributed by atoms with Crippen molar-refractivity contribution in [2.75, 3.05) is 6.54 Å². The van der Waals surface area contributed by atoms with Gasteiger partial charge in [-0.3, -0.25) is 19.9 Å². The molecule has 0 N–H and O–H groups in total. The molecular weight excluding hydrogens is 410 g/mol. The van der Waals surface area contributed by atoms with Crippen LogP contribution in [0.25, 0.3) is 0 Å². The zero-order valence-corrected chi connectivity index (χ0v) is 16.6. The summed E-state index contributed by atoms with van der Waals surface area (Å²) >= 11 is 3.34. The number of benzene rings is 2. The molecule has 0 aliphatic rings. The first kappa shape index (κ1) is 20.5. The number of nitro groups is 1. The number of nitriles is 1. The summed E-state index contributed by atoms with van der Waals surface area (Å²) in [5, 5.41) is 19.7. The summed E-state index contributed by atoms with van der Waals surface area (Å²) in [6.45, 7) is 3.27. The van der Waals surface area contributed by atoms with Gasteiger partial charge < -0.3 is 0 Å². The Morgan fingerprint density at radius 3 is 2.56 bits per heavy atom. The van der Waals surface area contributed by atoms with Crippen LogP contribution in [-0.4, -0.2) is 23.5 Å². The summed E-state index contributed by atoms with van der Waals surface area (Å²) in [7, 11) is 0. The molecule has 2 aromatic rings. The van der Waals surface area contributed by atoms with E-state index in [2.05, 4.69) is 27.0 Å². The second kappa shape index (κ2) is 8.69. The number of nitrogens with zero attached hydrogens (tertiary/aromatic N) is 3. The number of halogens is 1. The monoisotopic (exact) mass is 427 g/mol. The summed E-state index contributed by atoms with van der Waals surface area (Å²) in [6.07, 6.45) is 1.35. The highest BCUT2D eigenvalue weighted by Gasteiger charge is 2.19. The molecular formula is C20H18BrN3O3. The number of carbonyl (C=O) groups is 1. The van der Waals surface area contributed by atoms with Gasteiger partial charge in [0.1, 0.15) is 0 Å². The van der Waals surface area contributed by atoms with Crippen molar-refractivity contribution >= 4 is 33.6 Å². The quantitative estimate of drug-likeness (QED) is 0.277. The van der Waals surface area contributed by atoms with Gasteiger partial charge in [0.2, 0.25) is 6.54 Å². The molecule has 0 heterocycles. The van der Waals surface area contributed by atoms with Gasteiger partial charge in [-0.25, -0.2) is 0 Å². The summed E-state index contributed by atoms with van der Waals surface area (Å²) in [5.74, 6) is -0.142. The molecule has 27 heavy (non-hydrogen) atoms. The lowest BCUT2D eigenvalue weighted by Crippen LogP contribution is -2.13. The fourth-order valence-corrected chi connectivity index (χ4v) is 2.80. The Hall–Kier alpha value is -2.85. The largest absolute Gasteiger partial charge is 0.294 e. The number of hydrogen-bond donors (Lipinski definition) is 0. The van der Waals surface area contributed by atoms with Gasteiger partial charge in [0.05, 0.1) is 23.4 Å². The molecule has 0 saturated heterocycles. The highest BCUT2D eigenvalue weighted by molar-refractivity contribution is 9.10. The third-order valence-corrected chi connectivity index (χ3v) is 4.53. The van der Waals surface area contributed by atoms with E-state index in [0.29, 0.717) is 11.3 Å². The lowest BCUT2D eigenvalue weighted by Gasteiger charge is -2.16. The summed E-state index contributed by atoms with van der Waals surface area (Å²) in [5.41, 5.74) is 1.90. The van der Waals surface area contributed by atoms with Crippen molar-refractivity contribution in [3.8, 4) is 6.07 Å². The number of ketones is 1. The molecule has 7 heteroatoms. The Labute approximate surface area is 165 Å². The van der Waals surface area contributed by atoms with E-state index in [0.717, 1.165) is 15.6 Å². The molecule has 6 nitrogen and oxygen atoms in total. The predicted octanol–water partition coefficient (Wildman–Crippen LogP) is 4.65. The van der Waals surface area contributed by atoms with E-state index in [1.165, 1.54) is 6.21 Å². The predicted molar refractivity (Wildman–Crippen MR) is 107 cm³/mol. The number of hydrogen-bond acceptors (Lipinski definition) is 5. The lowest BCUT2D eigenvalue weighted by atomic mass is 9.85. The van der Waals surface area contributed by atoms with Gasteiger partial charge >= 0.3 is 0 Å². The maximum absolute atomic E-state index is 12.7. The lowest BCUT2D eigenvalue weighted by molar-refractivity contribution is -0.462. The first-order valence-electron chi connectivity index (χ1n) is 8.20. The van der Waals surface area contributed by atoms with Gasteiger partial charge in [-0.1, -0.05) is 40.2 Å². The normalized spacial score (nSPS) is 11.3. The van der Waals surface area contributed by atoms with Gasteiger partial charge in [-0.15, -0.1) is 0 Å². The number of aliphatic imine (C=N–C) groups is 1. The van der Waals surface area contributed by atoms with Crippen LogP contribution in [0.1, 0.15) is 35.3 Å². The Morgan fingerprint density at radius 2 is 1.96 bits per heavy atom. The molecule has 138 valence electrons. The van der Waals surface area contributed by atoms with Crippen molar-refractivity contribution in [1.29, 1.82) is 5.26 Å². The molecule has 0 bridgehead atoms. The minimum Gasteiger partial charge on any atom is -0.294 e. The molecule has 0 saturated carbocycles. The molecule has 0 amide bonds. The molecule has 0 spiro atoms. The van der Waals surface area contributed by atoms with Crippen molar-refractivity contribution in [3.05, 3.63) is 73.7 Å². The zero-order valence-electron chi connectivity index (χ0n) is 15.0. The maximum atomic E-state index is 12.7. The molecule has 2 rings (SSSR count). The molecule has 2 aromatic carbocycles. The van der Waals surface area contributed by atoms with Gasteiger partial charge in [0, 0.05) is 21.4 Å². The van der Waals surface area contributed by atoms with E-state index in [1.54, 1.807) is 18.2 Å². The van der Waals surface area contributed by atoms with E-state index in [9.17, 15) is 20.2 Å². The number of Topliss-reactive ketones (excluding diaryl/α,β-unsaturated/α-hetero) is 1. The third kappa shape index (κ3) is 5.56. The van der Waals surface area contributed by atoms with Crippen LogP contribution in [0.3, 0.4) is 0 Å². The van der Waals surface area contributed by atoms with E-state index >= 15 is 0 Å². The molecule has 0 aromatic heterocycles. The van der Waals surface area contributed by atoms with E-state index in [4.69, 9.17) is 0 Å². The minimum atomic E-state index is -0.592. The molecule has 0 aliphatic carbocycles. The Bertz CT molecular complexity index is 928. The van der Waals surface area contributed by atoms with Gasteiger partial charge in [0.25, 0.3) is 0 Å². The van der Waals surface area contributed by atoms with Crippen molar-refractivity contribution < 1.29 is 9.72 Å². The van der Waals surface area contributed by atoms with Crippen LogP contribution in [0.15, 0.2) is 51.9 Å². The molecule has 0 atom stereocenters. The zero-order chi connectivity index (χ0) is 20.0. The van der Waals surface area contributed by atoms with Crippen LogP contribution < -0.4 is 0 Å². The fraction of sp³-hybridized carbons (Fsp3) is 0.250. The Morgan fingerprint density at radius 1 is 1.30 bits per heavy atom. The van der Waals surface area contributed by atoms with Crippen LogP contribution in [0, 0.1) is 21.4 Å². The van der Waals surface area contributed by atoms with Gasteiger partial charge in [-0.2, -0.15) is 5.26 Å². The second-order valence-corrected chi connectivity index (χ2v) is 7.44. The Balaban J connectivity index is 2.23. The highest BCUT2D eigenvalue weighted by Crippen LogP contribution is 2.26. The SMILES string of the molecule is CC(C)(C#N)c1ccc(CC(=O)c2cc(Br)ccc2N=CC[N+](=O)[O-])cc1. The van der Waals surface area contributed by atoms with Gasteiger partial charge in [0.15, 0.2) is 5.78 Å². The van der Waals surface area contributed by atoms with Crippen molar-refractivity contribution in [1.82, 2.24) is 0 Å². The van der Waals surface area contributed by atoms with Crippen LogP contribution in [-0.2, 0) is 11.8 Å². The first-order chi connectivity index (χ1) is 12.7.